The first-order valence-electron chi connectivity index (χ1n) is 14.3. The van der Waals surface area contributed by atoms with Gasteiger partial charge in [-0.25, -0.2) is 0 Å². The van der Waals surface area contributed by atoms with Crippen LogP contribution in [-0.4, -0.2) is 13.6 Å². The monoisotopic (exact) mass is 566 g/mol. The molecule has 0 spiro atoms. The van der Waals surface area contributed by atoms with Crippen molar-refractivity contribution in [2.24, 2.45) is 5.41 Å². The van der Waals surface area contributed by atoms with Gasteiger partial charge in [0.25, 0.3) is 0 Å². The van der Waals surface area contributed by atoms with E-state index in [1.807, 2.05) is 25.7 Å². The van der Waals surface area contributed by atoms with Gasteiger partial charge in [-0.15, -0.1) is 0 Å². The molecule has 0 aromatic heterocycles. The van der Waals surface area contributed by atoms with Gasteiger partial charge in [0.1, 0.15) is 25.1 Å². The maximum absolute atomic E-state index is 8.00. The van der Waals surface area contributed by atoms with E-state index in [-0.39, 0.29) is 10.8 Å². The first kappa shape index (κ1) is 36.0. The zero-order valence-electron chi connectivity index (χ0n) is 27.4. The van der Waals surface area contributed by atoms with Gasteiger partial charge in [0, 0.05) is 5.41 Å². The maximum atomic E-state index is 8.00. The first-order valence-corrected chi connectivity index (χ1v) is 14.3. The SMILES string of the molecule is C=O.C=O.CC(C)(C)C.Cc1ccc(C(C)(C)c2ccc(Oc3ccc(-c4ccc(C(C)(C)C)cc4)cc3)cc2)cc1. The number of carbonyl (C=O) groups is 2. The Hall–Kier alpha value is -3.98. The topological polar surface area (TPSA) is 43.4 Å². The summed E-state index contributed by atoms with van der Waals surface area (Å²) in [5.74, 6) is 1.69. The minimum absolute atomic E-state index is 0.0591. The minimum Gasteiger partial charge on any atom is -0.457 e. The maximum Gasteiger partial charge on any atom is 0.127 e. The lowest BCUT2D eigenvalue weighted by atomic mass is 9.78. The van der Waals surface area contributed by atoms with Crippen molar-refractivity contribution in [2.75, 3.05) is 0 Å². The average molecular weight is 567 g/mol. The number of aryl methyl sites for hydroxylation is 1. The molecular formula is C39H50O3. The first-order chi connectivity index (χ1) is 19.6. The summed E-state index contributed by atoms with van der Waals surface area (Å²) in [5.41, 5.74) is 8.24. The van der Waals surface area contributed by atoms with Crippen LogP contribution < -0.4 is 4.74 Å². The highest BCUT2D eigenvalue weighted by atomic mass is 16.5. The molecule has 0 N–H and O–H groups in total. The largest absolute Gasteiger partial charge is 0.457 e. The Morgan fingerprint density at radius 1 is 0.452 bits per heavy atom. The molecule has 224 valence electrons. The van der Waals surface area contributed by atoms with E-state index in [1.165, 1.54) is 33.4 Å². The molecule has 3 nitrogen and oxygen atoms in total. The van der Waals surface area contributed by atoms with Gasteiger partial charge in [-0.1, -0.05) is 141 Å². The van der Waals surface area contributed by atoms with Gasteiger partial charge in [0.2, 0.25) is 0 Å². The van der Waals surface area contributed by atoms with E-state index in [0.29, 0.717) is 5.41 Å². The van der Waals surface area contributed by atoms with Crippen molar-refractivity contribution in [3.8, 4) is 22.6 Å². The molecule has 3 heteroatoms. The van der Waals surface area contributed by atoms with Crippen LogP contribution in [0.1, 0.15) is 84.6 Å². The Balaban J connectivity index is 0.000000873. The Morgan fingerprint density at radius 2 is 0.738 bits per heavy atom. The van der Waals surface area contributed by atoms with Crippen LogP contribution in [0.3, 0.4) is 0 Å². The second-order valence-corrected chi connectivity index (χ2v) is 13.5. The minimum atomic E-state index is -0.0591. The Kier molecular flexibility index (Phi) is 13.6. The highest BCUT2D eigenvalue weighted by Gasteiger charge is 2.23. The zero-order chi connectivity index (χ0) is 32.1. The summed E-state index contributed by atoms with van der Waals surface area (Å²) in [5, 5.41) is 0. The molecule has 0 saturated carbocycles. The van der Waals surface area contributed by atoms with Gasteiger partial charge in [0.05, 0.1) is 0 Å². The zero-order valence-corrected chi connectivity index (χ0v) is 27.4. The normalized spacial score (nSPS) is 11.0. The summed E-state index contributed by atoms with van der Waals surface area (Å²) >= 11 is 0. The van der Waals surface area contributed by atoms with Gasteiger partial charge in [-0.05, 0) is 69.8 Å². The molecule has 4 aromatic carbocycles. The van der Waals surface area contributed by atoms with E-state index in [4.69, 9.17) is 14.3 Å². The van der Waals surface area contributed by atoms with Crippen molar-refractivity contribution in [1.82, 2.24) is 0 Å². The lowest BCUT2D eigenvalue weighted by molar-refractivity contribution is -0.0987. The Morgan fingerprint density at radius 3 is 1.10 bits per heavy atom. The quantitative estimate of drug-likeness (QED) is 0.241. The predicted molar refractivity (Wildman–Crippen MR) is 180 cm³/mol. The van der Waals surface area contributed by atoms with Crippen LogP contribution in [0.4, 0.5) is 0 Å². The van der Waals surface area contributed by atoms with Crippen molar-refractivity contribution in [3.05, 3.63) is 119 Å². The molecule has 4 rings (SSSR count). The van der Waals surface area contributed by atoms with Crippen LogP contribution in [0.25, 0.3) is 11.1 Å². The van der Waals surface area contributed by atoms with Gasteiger partial charge in [-0.3, -0.25) is 0 Å². The summed E-state index contributed by atoms with van der Waals surface area (Å²) in [6.07, 6.45) is 0. The van der Waals surface area contributed by atoms with Gasteiger partial charge in [-0.2, -0.15) is 0 Å². The third-order valence-electron chi connectivity index (χ3n) is 6.52. The van der Waals surface area contributed by atoms with Crippen LogP contribution in [0.2, 0.25) is 0 Å². The van der Waals surface area contributed by atoms with Crippen molar-refractivity contribution in [1.29, 1.82) is 0 Å². The highest BCUT2D eigenvalue weighted by Crippen LogP contribution is 2.34. The van der Waals surface area contributed by atoms with Crippen LogP contribution in [0, 0.1) is 12.3 Å². The molecule has 4 aromatic rings. The molecule has 0 aliphatic rings. The molecule has 42 heavy (non-hydrogen) atoms. The van der Waals surface area contributed by atoms with E-state index in [0.717, 1.165) is 11.5 Å². The van der Waals surface area contributed by atoms with Gasteiger partial charge >= 0.3 is 0 Å². The van der Waals surface area contributed by atoms with E-state index >= 15 is 0 Å². The van der Waals surface area contributed by atoms with Crippen molar-refractivity contribution >= 4 is 13.6 Å². The molecular weight excluding hydrogens is 516 g/mol. The average Bonchev–Trinajstić information content (AvgIpc) is 2.95. The molecule has 0 amide bonds. The van der Waals surface area contributed by atoms with Gasteiger partial charge in [0.15, 0.2) is 0 Å². The van der Waals surface area contributed by atoms with Crippen LogP contribution in [0.15, 0.2) is 97.1 Å². The molecule has 0 unspecified atom stereocenters. The number of hydrogen-bond acceptors (Lipinski definition) is 3. The van der Waals surface area contributed by atoms with Crippen LogP contribution in [-0.2, 0) is 20.4 Å². The predicted octanol–water partition coefficient (Wildman–Crippen LogP) is 10.8. The number of rotatable bonds is 5. The van der Waals surface area contributed by atoms with Gasteiger partial charge < -0.3 is 14.3 Å². The molecule has 0 saturated heterocycles. The Bertz CT molecular complexity index is 1310. The summed E-state index contributed by atoms with van der Waals surface area (Å²) in [6.45, 7) is 26.1. The molecule has 0 atom stereocenters. The molecule has 0 fully saturated rings. The number of ether oxygens (including phenoxy) is 1. The summed E-state index contributed by atoms with van der Waals surface area (Å²) in [7, 11) is 0. The van der Waals surface area contributed by atoms with E-state index in [1.54, 1.807) is 0 Å². The standard InChI is InChI=1S/C32H34O.C5H12.2CH2O/c1-23-7-13-27(14-8-23)32(5,6)28-17-21-30(22-18-28)33-29-19-11-25(12-20-29)24-9-15-26(16-10-24)31(2,3)4;1-5(2,3)4;2*1-2/h7-22H,1-6H3;1-4H3;2*1H2. The van der Waals surface area contributed by atoms with E-state index < -0.39 is 0 Å². The fraction of sp³-hybridized carbons (Fsp3) is 0.333. The van der Waals surface area contributed by atoms with E-state index in [9.17, 15) is 0 Å². The summed E-state index contributed by atoms with van der Waals surface area (Å²) in [4.78, 5) is 16.0. The summed E-state index contributed by atoms with van der Waals surface area (Å²) in [6, 6.07) is 34.4. The number of benzene rings is 4. The van der Waals surface area contributed by atoms with Crippen molar-refractivity contribution in [3.63, 3.8) is 0 Å². The second-order valence-electron chi connectivity index (χ2n) is 13.5. The fourth-order valence-electron chi connectivity index (χ4n) is 4.09. The molecule has 0 aliphatic heterocycles. The third-order valence-corrected chi connectivity index (χ3v) is 6.52. The van der Waals surface area contributed by atoms with E-state index in [2.05, 4.69) is 154 Å². The molecule has 0 heterocycles. The molecule has 0 aliphatic carbocycles. The van der Waals surface area contributed by atoms with Crippen molar-refractivity contribution in [2.45, 2.75) is 80.1 Å². The van der Waals surface area contributed by atoms with Crippen LogP contribution in [0.5, 0.6) is 11.5 Å². The summed E-state index contributed by atoms with van der Waals surface area (Å²) < 4.78 is 6.12. The molecule has 0 bridgehead atoms. The lowest BCUT2D eigenvalue weighted by Crippen LogP contribution is -2.18. The smallest absolute Gasteiger partial charge is 0.127 e. The van der Waals surface area contributed by atoms with Crippen molar-refractivity contribution < 1.29 is 14.3 Å². The van der Waals surface area contributed by atoms with Crippen LogP contribution >= 0.6 is 0 Å². The molecule has 0 radical (unpaired) electrons. The number of hydrogen-bond donors (Lipinski definition) is 0. The lowest BCUT2D eigenvalue weighted by Gasteiger charge is -2.26. The number of carbonyl (C=O) groups excluding carboxylic acids is 2. The second kappa shape index (κ2) is 15.9. The third kappa shape index (κ3) is 11.5. The fourth-order valence-corrected chi connectivity index (χ4v) is 4.09. The Labute approximate surface area is 255 Å². The highest BCUT2D eigenvalue weighted by molar-refractivity contribution is 5.64.